The highest BCUT2D eigenvalue weighted by molar-refractivity contribution is 5.85. The largest absolute Gasteiger partial charge is 0.454 e. The van der Waals surface area contributed by atoms with E-state index >= 15 is 0 Å². The molecule has 0 spiro atoms. The van der Waals surface area contributed by atoms with Gasteiger partial charge in [-0.05, 0) is 52.7 Å². The Labute approximate surface area is 171 Å². The minimum absolute atomic E-state index is 0.00507. The molecule has 0 saturated heterocycles. The summed E-state index contributed by atoms with van der Waals surface area (Å²) in [6, 6.07) is 14.4. The van der Waals surface area contributed by atoms with Crippen molar-refractivity contribution in [2.45, 2.75) is 38.5 Å². The number of nitrogens with zero attached hydrogens (tertiary/aromatic N) is 1. The van der Waals surface area contributed by atoms with Crippen molar-refractivity contribution in [2.75, 3.05) is 6.79 Å². The zero-order valence-electron chi connectivity index (χ0n) is 17.0. The lowest BCUT2D eigenvalue weighted by Gasteiger charge is -2.19. The summed E-state index contributed by atoms with van der Waals surface area (Å²) in [5, 5.41) is 4.03. The second-order valence-corrected chi connectivity index (χ2v) is 8.55. The number of ether oxygens (including phenoxy) is 2. The molecule has 0 radical (unpaired) electrons. The Morgan fingerprint density at radius 3 is 2.62 bits per heavy atom. The fourth-order valence-electron chi connectivity index (χ4n) is 3.48. The predicted octanol–water partition coefficient (Wildman–Crippen LogP) is 4.63. The Balaban J connectivity index is 1.26. The second kappa shape index (κ2) is 7.74. The van der Waals surface area contributed by atoms with Gasteiger partial charge in [0.1, 0.15) is 0 Å². The summed E-state index contributed by atoms with van der Waals surface area (Å²) in [7, 11) is 0. The lowest BCUT2D eigenvalue weighted by atomic mass is 9.86. The molecule has 1 aliphatic heterocycles. The van der Waals surface area contributed by atoms with Gasteiger partial charge in [0.2, 0.25) is 12.7 Å². The van der Waals surface area contributed by atoms with Crippen LogP contribution < -0.4 is 14.9 Å². The van der Waals surface area contributed by atoms with Crippen molar-refractivity contribution in [1.82, 2.24) is 5.43 Å². The number of fused-ring (bicyclic) bond motifs is 1. The SMILES string of the molecule is CC(C)(C)c1ccc([C@@H]2C[C@@H]2C(=O)NN=C/C=C/c2ccc3c(c2)OCO3)cc1. The third kappa shape index (κ3) is 4.50. The maximum atomic E-state index is 12.3. The van der Waals surface area contributed by atoms with Crippen molar-refractivity contribution in [2.24, 2.45) is 11.0 Å². The molecule has 1 fully saturated rings. The van der Waals surface area contributed by atoms with Crippen LogP contribution in [0.15, 0.2) is 53.6 Å². The van der Waals surface area contributed by atoms with Crippen molar-refractivity contribution < 1.29 is 14.3 Å². The molecule has 0 aromatic heterocycles. The van der Waals surface area contributed by atoms with Crippen LogP contribution in [0.4, 0.5) is 0 Å². The van der Waals surface area contributed by atoms with Crippen LogP contribution in [0.2, 0.25) is 0 Å². The van der Waals surface area contributed by atoms with E-state index in [1.807, 2.05) is 24.3 Å². The number of benzene rings is 2. The van der Waals surface area contributed by atoms with Gasteiger partial charge in [-0.2, -0.15) is 5.10 Å². The molecule has 29 heavy (non-hydrogen) atoms. The Kier molecular flexibility index (Phi) is 5.14. The van der Waals surface area contributed by atoms with Gasteiger partial charge in [0, 0.05) is 12.1 Å². The van der Waals surface area contributed by atoms with E-state index in [4.69, 9.17) is 9.47 Å². The number of hydrogen-bond donors (Lipinski definition) is 1. The van der Waals surface area contributed by atoms with Crippen LogP contribution >= 0.6 is 0 Å². The summed E-state index contributed by atoms with van der Waals surface area (Å²) in [4.78, 5) is 12.3. The van der Waals surface area contributed by atoms with Gasteiger partial charge in [-0.15, -0.1) is 0 Å². The van der Waals surface area contributed by atoms with Gasteiger partial charge in [0.05, 0.1) is 0 Å². The highest BCUT2D eigenvalue weighted by atomic mass is 16.7. The number of hydrogen-bond acceptors (Lipinski definition) is 4. The van der Waals surface area contributed by atoms with E-state index in [0.717, 1.165) is 23.5 Å². The van der Waals surface area contributed by atoms with Crippen LogP contribution in [-0.4, -0.2) is 18.9 Å². The molecule has 4 rings (SSSR count). The normalized spacial score (nSPS) is 20.4. The van der Waals surface area contributed by atoms with Gasteiger partial charge in [0.15, 0.2) is 11.5 Å². The van der Waals surface area contributed by atoms with E-state index in [1.165, 1.54) is 11.1 Å². The van der Waals surface area contributed by atoms with Gasteiger partial charge >= 0.3 is 0 Å². The fourth-order valence-corrected chi connectivity index (χ4v) is 3.48. The Morgan fingerprint density at radius 1 is 1.10 bits per heavy atom. The Morgan fingerprint density at radius 2 is 1.86 bits per heavy atom. The molecule has 0 bridgehead atoms. The van der Waals surface area contributed by atoms with E-state index in [-0.39, 0.29) is 24.0 Å². The summed E-state index contributed by atoms with van der Waals surface area (Å²) in [6.07, 6.45) is 6.14. The Hall–Kier alpha value is -3.08. The molecular formula is C24H26N2O3. The molecule has 150 valence electrons. The summed E-state index contributed by atoms with van der Waals surface area (Å²) in [6.45, 7) is 6.87. The van der Waals surface area contributed by atoms with Crippen LogP contribution in [-0.2, 0) is 10.2 Å². The van der Waals surface area contributed by atoms with Crippen molar-refractivity contribution >= 4 is 18.2 Å². The van der Waals surface area contributed by atoms with Gasteiger partial charge in [-0.3, -0.25) is 4.79 Å². The molecular weight excluding hydrogens is 364 g/mol. The number of carbonyl (C=O) groups is 1. The molecule has 1 saturated carbocycles. The topological polar surface area (TPSA) is 59.9 Å². The number of allylic oxidation sites excluding steroid dienone is 1. The molecule has 1 heterocycles. The molecule has 1 amide bonds. The molecule has 1 aliphatic carbocycles. The zero-order valence-corrected chi connectivity index (χ0v) is 17.0. The average Bonchev–Trinajstić information content (AvgIpc) is 3.37. The van der Waals surface area contributed by atoms with Crippen LogP contribution in [0.25, 0.3) is 6.08 Å². The molecule has 0 unspecified atom stereocenters. The molecule has 1 N–H and O–H groups in total. The molecule has 5 heteroatoms. The number of carbonyl (C=O) groups excluding carboxylic acids is 1. The molecule has 2 atom stereocenters. The monoisotopic (exact) mass is 390 g/mol. The van der Waals surface area contributed by atoms with Gasteiger partial charge in [-0.1, -0.05) is 57.2 Å². The van der Waals surface area contributed by atoms with E-state index < -0.39 is 0 Å². The minimum atomic E-state index is -0.0253. The highest BCUT2D eigenvalue weighted by Crippen LogP contribution is 2.47. The second-order valence-electron chi connectivity index (χ2n) is 8.55. The predicted molar refractivity (Wildman–Crippen MR) is 114 cm³/mol. The fraction of sp³-hybridized carbons (Fsp3) is 0.333. The maximum Gasteiger partial charge on any atom is 0.243 e. The molecule has 2 aromatic rings. The standard InChI is InChI=1S/C24H26N2O3/c1-24(2,3)18-9-7-17(8-10-18)19-14-20(19)23(27)26-25-12-4-5-16-6-11-21-22(13-16)29-15-28-21/h4-13,19-20H,14-15H2,1-3H3,(H,26,27)/b5-4+,25-12?/t19-,20-/m0/s1. The van der Waals surface area contributed by atoms with E-state index in [9.17, 15) is 4.79 Å². The van der Waals surface area contributed by atoms with Crippen LogP contribution in [0, 0.1) is 5.92 Å². The van der Waals surface area contributed by atoms with Gasteiger partial charge < -0.3 is 9.47 Å². The molecule has 2 aliphatic rings. The van der Waals surface area contributed by atoms with Crippen LogP contribution in [0.1, 0.15) is 49.8 Å². The third-order valence-corrected chi connectivity index (χ3v) is 5.35. The van der Waals surface area contributed by atoms with Crippen LogP contribution in [0.5, 0.6) is 11.5 Å². The quantitative estimate of drug-likeness (QED) is 0.598. The lowest BCUT2D eigenvalue weighted by molar-refractivity contribution is -0.122. The first-order valence-electron chi connectivity index (χ1n) is 9.91. The number of nitrogens with one attached hydrogen (secondary N) is 1. The minimum Gasteiger partial charge on any atom is -0.454 e. The summed E-state index contributed by atoms with van der Waals surface area (Å²) in [5.74, 6) is 1.78. The van der Waals surface area contributed by atoms with E-state index in [0.29, 0.717) is 5.92 Å². The zero-order chi connectivity index (χ0) is 20.4. The third-order valence-electron chi connectivity index (χ3n) is 5.35. The summed E-state index contributed by atoms with van der Waals surface area (Å²) < 4.78 is 10.6. The maximum absolute atomic E-state index is 12.3. The molecule has 2 aromatic carbocycles. The van der Waals surface area contributed by atoms with Crippen molar-refractivity contribution in [3.63, 3.8) is 0 Å². The van der Waals surface area contributed by atoms with Crippen molar-refractivity contribution in [3.8, 4) is 11.5 Å². The smallest absolute Gasteiger partial charge is 0.243 e. The van der Waals surface area contributed by atoms with Crippen LogP contribution in [0.3, 0.4) is 0 Å². The summed E-state index contributed by atoms with van der Waals surface area (Å²) in [5.41, 5.74) is 6.30. The summed E-state index contributed by atoms with van der Waals surface area (Å²) >= 11 is 0. The average molecular weight is 390 g/mol. The first-order chi connectivity index (χ1) is 13.9. The van der Waals surface area contributed by atoms with Gasteiger partial charge in [-0.25, -0.2) is 5.43 Å². The number of amides is 1. The van der Waals surface area contributed by atoms with E-state index in [2.05, 4.69) is 55.6 Å². The first kappa shape index (κ1) is 19.2. The number of hydrazone groups is 1. The first-order valence-corrected chi connectivity index (χ1v) is 9.91. The van der Waals surface area contributed by atoms with Crippen molar-refractivity contribution in [1.29, 1.82) is 0 Å². The van der Waals surface area contributed by atoms with E-state index in [1.54, 1.807) is 12.3 Å². The molecule has 5 nitrogen and oxygen atoms in total. The van der Waals surface area contributed by atoms with Gasteiger partial charge in [0.25, 0.3) is 0 Å². The van der Waals surface area contributed by atoms with Crippen molar-refractivity contribution in [3.05, 3.63) is 65.2 Å². The lowest BCUT2D eigenvalue weighted by Crippen LogP contribution is -2.19. The highest BCUT2D eigenvalue weighted by Gasteiger charge is 2.43. The number of rotatable bonds is 5. The Bertz CT molecular complexity index is 955.